The number of nitrogens with zero attached hydrogens (tertiary/aromatic N) is 3. The molecule has 1 N–H and O–H groups in total. The number of hydrogen-bond donors (Lipinski definition) is 1. The van der Waals surface area contributed by atoms with E-state index in [0.717, 1.165) is 11.1 Å². The minimum Gasteiger partial charge on any atom is -0.334 e. The van der Waals surface area contributed by atoms with Gasteiger partial charge in [0.25, 0.3) is 5.89 Å². The van der Waals surface area contributed by atoms with Crippen molar-refractivity contribution in [3.63, 3.8) is 0 Å². The molecule has 0 saturated carbocycles. The molecular formula is C21H20N4O3. The average Bonchev–Trinajstić information content (AvgIpc) is 3.15. The number of benzene rings is 2. The van der Waals surface area contributed by atoms with Crippen molar-refractivity contribution in [2.24, 2.45) is 5.92 Å². The van der Waals surface area contributed by atoms with Gasteiger partial charge in [-0.1, -0.05) is 36.7 Å². The zero-order valence-corrected chi connectivity index (χ0v) is 15.9. The molecule has 0 aliphatic heterocycles. The van der Waals surface area contributed by atoms with Crippen LogP contribution in [0, 0.1) is 12.8 Å². The molecule has 0 aliphatic carbocycles. The Morgan fingerprint density at radius 3 is 2.68 bits per heavy atom. The normalized spacial score (nSPS) is 11.4. The van der Waals surface area contributed by atoms with E-state index in [-0.39, 0.29) is 5.92 Å². The fourth-order valence-corrected chi connectivity index (χ4v) is 3.20. The zero-order valence-electron chi connectivity index (χ0n) is 15.9. The lowest BCUT2D eigenvalue weighted by molar-refractivity contribution is 0.432. The quantitative estimate of drug-likeness (QED) is 0.551. The Kier molecular flexibility index (Phi) is 4.43. The summed E-state index contributed by atoms with van der Waals surface area (Å²) in [5.41, 5.74) is 2.69. The van der Waals surface area contributed by atoms with Crippen LogP contribution in [0.3, 0.4) is 0 Å². The molecule has 0 atom stereocenters. The Bertz CT molecular complexity index is 1280. The standard InChI is InChI=1S/C21H20N4O3/c1-12(2)11-25-17-8-7-14(10-16(17)22-19(26)21(25)27)18-23-20(28-24-18)15-6-4-5-13(3)9-15/h4-10,12H,11H2,1-3H3,(H,22,26). The van der Waals surface area contributed by atoms with Crippen molar-refractivity contribution < 1.29 is 4.52 Å². The minimum atomic E-state index is -0.640. The molecule has 0 radical (unpaired) electrons. The highest BCUT2D eigenvalue weighted by molar-refractivity contribution is 5.80. The highest BCUT2D eigenvalue weighted by Gasteiger charge is 2.14. The maximum absolute atomic E-state index is 12.2. The second-order valence-corrected chi connectivity index (χ2v) is 7.29. The third-order valence-electron chi connectivity index (χ3n) is 4.47. The molecule has 0 fully saturated rings. The molecular weight excluding hydrogens is 356 g/mol. The molecule has 28 heavy (non-hydrogen) atoms. The monoisotopic (exact) mass is 376 g/mol. The number of aromatic nitrogens is 4. The van der Waals surface area contributed by atoms with E-state index >= 15 is 0 Å². The van der Waals surface area contributed by atoms with E-state index in [1.165, 1.54) is 4.57 Å². The fourth-order valence-electron chi connectivity index (χ4n) is 3.20. The SMILES string of the molecule is Cc1cccc(-c2nc(-c3ccc4c(c3)[nH]c(=O)c(=O)n4CC(C)C)no2)c1. The largest absolute Gasteiger partial charge is 0.334 e. The smallest absolute Gasteiger partial charge is 0.316 e. The van der Waals surface area contributed by atoms with Gasteiger partial charge in [-0.3, -0.25) is 9.59 Å². The molecule has 2 aromatic heterocycles. The predicted octanol–water partition coefficient (Wildman–Crippen LogP) is 3.37. The first-order valence-electron chi connectivity index (χ1n) is 9.10. The van der Waals surface area contributed by atoms with Crippen LogP contribution in [0.5, 0.6) is 0 Å². The predicted molar refractivity (Wildman–Crippen MR) is 107 cm³/mol. The van der Waals surface area contributed by atoms with Gasteiger partial charge < -0.3 is 14.1 Å². The number of aryl methyl sites for hydroxylation is 1. The van der Waals surface area contributed by atoms with Crippen LogP contribution < -0.4 is 11.1 Å². The van der Waals surface area contributed by atoms with Crippen molar-refractivity contribution in [1.82, 2.24) is 19.7 Å². The highest BCUT2D eigenvalue weighted by atomic mass is 16.5. The summed E-state index contributed by atoms with van der Waals surface area (Å²) in [6, 6.07) is 13.2. The third kappa shape index (κ3) is 3.26. The zero-order chi connectivity index (χ0) is 19.8. The van der Waals surface area contributed by atoms with Crippen LogP contribution in [-0.2, 0) is 6.54 Å². The van der Waals surface area contributed by atoms with Crippen molar-refractivity contribution in [2.75, 3.05) is 0 Å². The lowest BCUT2D eigenvalue weighted by Crippen LogP contribution is -2.37. The molecule has 4 aromatic rings. The summed E-state index contributed by atoms with van der Waals surface area (Å²) in [5, 5.41) is 4.06. The van der Waals surface area contributed by atoms with Crippen molar-refractivity contribution in [3.05, 3.63) is 68.7 Å². The molecule has 142 valence electrons. The van der Waals surface area contributed by atoms with Gasteiger partial charge in [0.1, 0.15) is 0 Å². The van der Waals surface area contributed by atoms with Crippen LogP contribution in [0.25, 0.3) is 33.9 Å². The van der Waals surface area contributed by atoms with E-state index in [1.807, 2.05) is 51.1 Å². The molecule has 2 heterocycles. The molecule has 0 unspecified atom stereocenters. The first-order chi connectivity index (χ1) is 13.4. The average molecular weight is 376 g/mol. The number of nitrogens with one attached hydrogen (secondary N) is 1. The summed E-state index contributed by atoms with van der Waals surface area (Å²) >= 11 is 0. The maximum atomic E-state index is 12.2. The Labute approximate surface area is 160 Å². The van der Waals surface area contributed by atoms with Crippen LogP contribution in [0.4, 0.5) is 0 Å². The fraction of sp³-hybridized carbons (Fsp3) is 0.238. The van der Waals surface area contributed by atoms with Gasteiger partial charge in [0.15, 0.2) is 0 Å². The van der Waals surface area contributed by atoms with E-state index in [2.05, 4.69) is 15.1 Å². The van der Waals surface area contributed by atoms with Gasteiger partial charge in [0.2, 0.25) is 5.82 Å². The second-order valence-electron chi connectivity index (χ2n) is 7.29. The van der Waals surface area contributed by atoms with E-state index in [1.54, 1.807) is 12.1 Å². The Morgan fingerprint density at radius 1 is 1.11 bits per heavy atom. The Balaban J connectivity index is 1.80. The lowest BCUT2D eigenvalue weighted by atomic mass is 10.1. The van der Waals surface area contributed by atoms with Crippen LogP contribution >= 0.6 is 0 Å². The van der Waals surface area contributed by atoms with Gasteiger partial charge in [-0.2, -0.15) is 4.98 Å². The van der Waals surface area contributed by atoms with Gasteiger partial charge in [-0.05, 0) is 43.2 Å². The topological polar surface area (TPSA) is 93.8 Å². The van der Waals surface area contributed by atoms with Crippen LogP contribution in [0.1, 0.15) is 19.4 Å². The molecule has 0 amide bonds. The molecule has 0 aliphatic rings. The van der Waals surface area contributed by atoms with E-state index < -0.39 is 11.1 Å². The summed E-state index contributed by atoms with van der Waals surface area (Å²) in [4.78, 5) is 31.4. The van der Waals surface area contributed by atoms with Gasteiger partial charge in [-0.25, -0.2) is 0 Å². The van der Waals surface area contributed by atoms with Gasteiger partial charge in [0, 0.05) is 17.7 Å². The van der Waals surface area contributed by atoms with E-state index in [0.29, 0.717) is 34.9 Å². The third-order valence-corrected chi connectivity index (χ3v) is 4.47. The first-order valence-corrected chi connectivity index (χ1v) is 9.10. The number of rotatable bonds is 4. The van der Waals surface area contributed by atoms with E-state index in [4.69, 9.17) is 4.52 Å². The summed E-state index contributed by atoms with van der Waals surface area (Å²) in [6.07, 6.45) is 0. The van der Waals surface area contributed by atoms with Crippen molar-refractivity contribution in [1.29, 1.82) is 0 Å². The van der Waals surface area contributed by atoms with Gasteiger partial charge >= 0.3 is 11.1 Å². The van der Waals surface area contributed by atoms with Crippen LogP contribution in [0.15, 0.2) is 56.6 Å². The van der Waals surface area contributed by atoms with Crippen molar-refractivity contribution >= 4 is 11.0 Å². The Morgan fingerprint density at radius 2 is 1.93 bits per heavy atom. The minimum absolute atomic E-state index is 0.233. The molecule has 0 saturated heterocycles. The molecule has 0 spiro atoms. The lowest BCUT2D eigenvalue weighted by Gasteiger charge is -2.12. The maximum Gasteiger partial charge on any atom is 0.316 e. The number of hydrogen-bond acceptors (Lipinski definition) is 5. The highest BCUT2D eigenvalue weighted by Crippen LogP contribution is 2.24. The summed E-state index contributed by atoms with van der Waals surface area (Å²) in [6.45, 7) is 6.47. The van der Waals surface area contributed by atoms with Crippen molar-refractivity contribution in [2.45, 2.75) is 27.3 Å². The summed E-state index contributed by atoms with van der Waals surface area (Å²) in [5.74, 6) is 1.08. The second kappa shape index (κ2) is 6.92. The molecule has 4 rings (SSSR count). The van der Waals surface area contributed by atoms with Crippen molar-refractivity contribution in [3.8, 4) is 22.8 Å². The summed E-state index contributed by atoms with van der Waals surface area (Å²) < 4.78 is 6.91. The number of fused-ring (bicyclic) bond motifs is 1. The molecule has 2 aromatic carbocycles. The summed E-state index contributed by atoms with van der Waals surface area (Å²) in [7, 11) is 0. The van der Waals surface area contributed by atoms with Crippen LogP contribution in [-0.4, -0.2) is 19.7 Å². The van der Waals surface area contributed by atoms with Crippen LogP contribution in [0.2, 0.25) is 0 Å². The first kappa shape index (κ1) is 17.9. The molecule has 0 bridgehead atoms. The molecule has 7 heteroatoms. The number of aromatic amines is 1. The number of H-pyrrole nitrogens is 1. The molecule has 7 nitrogen and oxygen atoms in total. The van der Waals surface area contributed by atoms with Gasteiger partial charge in [-0.15, -0.1) is 0 Å². The van der Waals surface area contributed by atoms with Gasteiger partial charge in [0.05, 0.1) is 11.0 Å². The Hall–Kier alpha value is -3.48. The van der Waals surface area contributed by atoms with E-state index in [9.17, 15) is 9.59 Å².